The Morgan fingerprint density at radius 3 is 2.17 bits per heavy atom. The zero-order chi connectivity index (χ0) is 29.5. The maximum atomic E-state index is 13.6. The molecule has 0 aliphatic carbocycles. The van der Waals surface area contributed by atoms with E-state index in [1.54, 1.807) is 27.8 Å². The Labute approximate surface area is 245 Å². The van der Waals surface area contributed by atoms with Crippen molar-refractivity contribution in [1.82, 2.24) is 14.7 Å². The lowest BCUT2D eigenvalue weighted by Gasteiger charge is -2.23. The Morgan fingerprint density at radius 2 is 1.54 bits per heavy atom. The smallest absolute Gasteiger partial charge is 0.245 e. The van der Waals surface area contributed by atoms with E-state index in [1.807, 2.05) is 30.3 Å². The molecule has 0 saturated carbocycles. The molecular weight excluding hydrogens is 515 g/mol. The van der Waals surface area contributed by atoms with Crippen LogP contribution in [0.25, 0.3) is 16.9 Å². The fraction of sp³-hybridized carbons (Fsp3) is 0.500. The van der Waals surface area contributed by atoms with E-state index in [4.69, 9.17) is 5.10 Å². The van der Waals surface area contributed by atoms with Gasteiger partial charge in [0.05, 0.1) is 17.9 Å². The average molecular weight is 563 g/mol. The summed E-state index contributed by atoms with van der Waals surface area (Å²) in [5, 5.41) is 7.66. The molecule has 41 heavy (non-hydrogen) atoms. The summed E-state index contributed by atoms with van der Waals surface area (Å²) in [5.41, 5.74) is 2.21. The fourth-order valence-corrected chi connectivity index (χ4v) is 4.81. The first kappa shape index (κ1) is 32.0. The molecule has 6 nitrogen and oxygen atoms in total. The number of carbonyl (C=O) groups excluding carboxylic acids is 2. The van der Waals surface area contributed by atoms with Gasteiger partial charge in [-0.3, -0.25) is 9.59 Å². The summed E-state index contributed by atoms with van der Waals surface area (Å²) < 4.78 is 15.2. The minimum atomic E-state index is -0.346. The van der Waals surface area contributed by atoms with Gasteiger partial charge in [0.25, 0.3) is 0 Å². The highest BCUT2D eigenvalue weighted by molar-refractivity contribution is 5.94. The number of rotatable bonds is 18. The molecule has 2 aromatic carbocycles. The SMILES string of the molecule is CCCCCCCCCCCC(=O)N(CCC(C)C)CC(=O)Nc1cc(-c2ccccc2)nn1-c1ccc(F)cc1. The first-order chi connectivity index (χ1) is 19.9. The lowest BCUT2D eigenvalue weighted by atomic mass is 10.1. The Morgan fingerprint density at radius 1 is 0.902 bits per heavy atom. The average Bonchev–Trinajstić information content (AvgIpc) is 3.38. The highest BCUT2D eigenvalue weighted by Crippen LogP contribution is 2.25. The van der Waals surface area contributed by atoms with Crippen LogP contribution in [0.3, 0.4) is 0 Å². The standard InChI is InChI=1S/C34H47FN4O2/c1-4-5-6-7-8-9-10-11-15-18-34(41)38(24-23-27(2)3)26-33(40)36-32-25-31(28-16-13-12-14-17-28)37-39(32)30-21-19-29(35)20-22-30/h12-14,16-17,19-22,25,27H,4-11,15,18,23-24,26H2,1-3H3,(H,36,40). The molecule has 0 unspecified atom stereocenters. The molecule has 3 rings (SSSR count). The van der Waals surface area contributed by atoms with Gasteiger partial charge < -0.3 is 10.2 Å². The highest BCUT2D eigenvalue weighted by atomic mass is 19.1. The predicted molar refractivity (Wildman–Crippen MR) is 165 cm³/mol. The minimum Gasteiger partial charge on any atom is -0.333 e. The number of benzene rings is 2. The van der Waals surface area contributed by atoms with Gasteiger partial charge in [0.1, 0.15) is 11.6 Å². The highest BCUT2D eigenvalue weighted by Gasteiger charge is 2.20. The zero-order valence-electron chi connectivity index (χ0n) is 25.1. The van der Waals surface area contributed by atoms with Crippen molar-refractivity contribution in [1.29, 1.82) is 0 Å². The van der Waals surface area contributed by atoms with Crippen LogP contribution in [0.2, 0.25) is 0 Å². The summed E-state index contributed by atoms with van der Waals surface area (Å²) in [6, 6.07) is 17.5. The number of nitrogens with one attached hydrogen (secondary N) is 1. The van der Waals surface area contributed by atoms with Crippen molar-refractivity contribution in [2.75, 3.05) is 18.4 Å². The number of hydrogen-bond donors (Lipinski definition) is 1. The van der Waals surface area contributed by atoms with Gasteiger partial charge in [0.2, 0.25) is 11.8 Å². The third-order valence-electron chi connectivity index (χ3n) is 7.28. The molecule has 0 spiro atoms. The fourth-order valence-electron chi connectivity index (χ4n) is 4.81. The quantitative estimate of drug-likeness (QED) is 0.158. The van der Waals surface area contributed by atoms with Crippen LogP contribution in [-0.4, -0.2) is 39.6 Å². The maximum absolute atomic E-state index is 13.6. The summed E-state index contributed by atoms with van der Waals surface area (Å²) in [7, 11) is 0. The molecule has 0 radical (unpaired) electrons. The molecule has 1 aromatic heterocycles. The van der Waals surface area contributed by atoms with Crippen molar-refractivity contribution >= 4 is 17.6 Å². The van der Waals surface area contributed by atoms with Crippen LogP contribution in [0, 0.1) is 11.7 Å². The lowest BCUT2D eigenvalue weighted by Crippen LogP contribution is -2.39. The van der Waals surface area contributed by atoms with E-state index in [0.29, 0.717) is 36.1 Å². The number of hydrogen-bond acceptors (Lipinski definition) is 3. The monoisotopic (exact) mass is 562 g/mol. The molecule has 1 heterocycles. The van der Waals surface area contributed by atoms with E-state index in [2.05, 4.69) is 26.1 Å². The van der Waals surface area contributed by atoms with Crippen LogP contribution in [0.15, 0.2) is 60.7 Å². The van der Waals surface area contributed by atoms with Gasteiger partial charge in [-0.05, 0) is 43.0 Å². The van der Waals surface area contributed by atoms with Gasteiger partial charge in [-0.15, -0.1) is 0 Å². The molecule has 1 N–H and O–H groups in total. The molecule has 2 amide bonds. The molecule has 0 fully saturated rings. The molecule has 3 aromatic rings. The molecule has 7 heteroatoms. The summed E-state index contributed by atoms with van der Waals surface area (Å²) in [4.78, 5) is 28.1. The summed E-state index contributed by atoms with van der Waals surface area (Å²) in [6.07, 6.45) is 12.1. The number of carbonyl (C=O) groups is 2. The van der Waals surface area contributed by atoms with Crippen LogP contribution < -0.4 is 5.32 Å². The Bertz CT molecular complexity index is 1190. The molecule has 0 aliphatic heterocycles. The Hall–Kier alpha value is -3.48. The van der Waals surface area contributed by atoms with E-state index >= 15 is 0 Å². The number of halogens is 1. The summed E-state index contributed by atoms with van der Waals surface area (Å²) in [6.45, 7) is 7.01. The van der Waals surface area contributed by atoms with E-state index in [1.165, 1.54) is 50.7 Å². The number of aromatic nitrogens is 2. The molecule has 0 saturated heterocycles. The second-order valence-electron chi connectivity index (χ2n) is 11.3. The second kappa shape index (κ2) is 17.4. The van der Waals surface area contributed by atoms with Crippen LogP contribution in [0.4, 0.5) is 10.2 Å². The van der Waals surface area contributed by atoms with Gasteiger partial charge >= 0.3 is 0 Å². The van der Waals surface area contributed by atoms with Gasteiger partial charge in [-0.1, -0.05) is 102 Å². The molecule has 0 bridgehead atoms. The Kier molecular flexibility index (Phi) is 13.6. The molecule has 0 aliphatic rings. The third kappa shape index (κ3) is 11.1. The van der Waals surface area contributed by atoms with Crippen LogP contribution in [0.5, 0.6) is 0 Å². The van der Waals surface area contributed by atoms with Crippen LogP contribution in [-0.2, 0) is 9.59 Å². The number of unbranched alkanes of at least 4 members (excludes halogenated alkanes) is 8. The van der Waals surface area contributed by atoms with Crippen molar-refractivity contribution in [3.8, 4) is 16.9 Å². The summed E-state index contributed by atoms with van der Waals surface area (Å²) in [5.74, 6) is 0.295. The van der Waals surface area contributed by atoms with E-state index < -0.39 is 0 Å². The minimum absolute atomic E-state index is 0.0156. The van der Waals surface area contributed by atoms with Crippen LogP contribution >= 0.6 is 0 Å². The first-order valence-electron chi connectivity index (χ1n) is 15.4. The van der Waals surface area contributed by atoms with E-state index in [-0.39, 0.29) is 24.2 Å². The maximum Gasteiger partial charge on any atom is 0.245 e. The largest absolute Gasteiger partial charge is 0.333 e. The van der Waals surface area contributed by atoms with Crippen molar-refractivity contribution < 1.29 is 14.0 Å². The third-order valence-corrected chi connectivity index (χ3v) is 7.28. The molecule has 222 valence electrons. The van der Waals surface area contributed by atoms with Gasteiger partial charge in [0, 0.05) is 24.6 Å². The molecule has 0 atom stereocenters. The van der Waals surface area contributed by atoms with E-state index in [9.17, 15) is 14.0 Å². The van der Waals surface area contributed by atoms with Crippen molar-refractivity contribution in [3.05, 3.63) is 66.5 Å². The molecular formula is C34H47FN4O2. The van der Waals surface area contributed by atoms with Gasteiger partial charge in [0.15, 0.2) is 0 Å². The van der Waals surface area contributed by atoms with Crippen molar-refractivity contribution in [3.63, 3.8) is 0 Å². The normalized spacial score (nSPS) is 11.1. The zero-order valence-corrected chi connectivity index (χ0v) is 25.1. The van der Waals surface area contributed by atoms with Crippen molar-refractivity contribution in [2.45, 2.75) is 91.4 Å². The predicted octanol–water partition coefficient (Wildman–Crippen LogP) is 8.41. The Balaban J connectivity index is 1.63. The second-order valence-corrected chi connectivity index (χ2v) is 11.3. The van der Waals surface area contributed by atoms with Gasteiger partial charge in [-0.25, -0.2) is 9.07 Å². The topological polar surface area (TPSA) is 67.2 Å². The number of amides is 2. The summed E-state index contributed by atoms with van der Waals surface area (Å²) >= 11 is 0. The van der Waals surface area contributed by atoms with Gasteiger partial charge in [-0.2, -0.15) is 5.10 Å². The lowest BCUT2D eigenvalue weighted by molar-refractivity contribution is -0.135. The first-order valence-corrected chi connectivity index (χ1v) is 15.4. The van der Waals surface area contributed by atoms with E-state index in [0.717, 1.165) is 31.2 Å². The number of anilines is 1. The van der Waals surface area contributed by atoms with Crippen LogP contribution in [0.1, 0.15) is 91.4 Å². The van der Waals surface area contributed by atoms with Crippen molar-refractivity contribution in [2.24, 2.45) is 5.92 Å². The number of nitrogens with zero attached hydrogens (tertiary/aromatic N) is 3.